The van der Waals surface area contributed by atoms with Crippen molar-refractivity contribution in [2.24, 2.45) is 0 Å². The molecule has 1 aromatic rings. The minimum Gasteiger partial charge on any atom is -0.134 e. The van der Waals surface area contributed by atoms with E-state index < -0.39 is 0 Å². The Morgan fingerprint density at radius 3 is 3.00 bits per heavy atom. The Morgan fingerprint density at radius 1 is 1.36 bits per heavy atom. The van der Waals surface area contributed by atoms with Gasteiger partial charge in [-0.3, -0.25) is 0 Å². The van der Waals surface area contributed by atoms with Crippen molar-refractivity contribution in [1.82, 2.24) is 0 Å². The third kappa shape index (κ3) is 1.37. The van der Waals surface area contributed by atoms with Gasteiger partial charge in [-0.05, 0) is 25.5 Å². The minimum absolute atomic E-state index is 1.17. The van der Waals surface area contributed by atoms with E-state index in [1.54, 1.807) is 0 Å². The van der Waals surface area contributed by atoms with Crippen molar-refractivity contribution in [2.45, 2.75) is 18.1 Å². The highest BCUT2D eigenvalue weighted by molar-refractivity contribution is 8.01. The number of aryl methyl sites for hydroxylation is 1. The van der Waals surface area contributed by atoms with Crippen LogP contribution in [0.2, 0.25) is 0 Å². The number of hydrogen-bond acceptors (Lipinski definition) is 2. The smallest absolute Gasteiger partial charge is 0.0677 e. The van der Waals surface area contributed by atoms with Crippen LogP contribution in [0.3, 0.4) is 0 Å². The van der Waals surface area contributed by atoms with Crippen LogP contribution in [0.1, 0.15) is 17.4 Å². The third-order valence-electron chi connectivity index (χ3n) is 1.68. The second-order valence-electron chi connectivity index (χ2n) is 2.88. The molecule has 0 nitrogen and oxygen atoms in total. The fourth-order valence-corrected chi connectivity index (χ4v) is 3.46. The molecular weight excluding hydrogens is 172 g/mol. The van der Waals surface area contributed by atoms with Crippen LogP contribution < -0.4 is 0 Å². The lowest BCUT2D eigenvalue weighted by Gasteiger charge is -2.07. The molecule has 0 bridgehead atoms. The number of thioether (sulfide) groups is 1. The van der Waals surface area contributed by atoms with Gasteiger partial charge in [0.05, 0.1) is 4.21 Å². The number of hydrogen-bond donors (Lipinski definition) is 0. The second-order valence-corrected chi connectivity index (χ2v) is 5.38. The second kappa shape index (κ2) is 2.68. The maximum Gasteiger partial charge on any atom is 0.0677 e. The maximum atomic E-state index is 2.30. The molecular formula is C9H10S2. The SMILES string of the molecule is CC1=Cc2cc(C)sc2SC1. The molecule has 0 radical (unpaired) electrons. The molecule has 2 heteroatoms. The molecule has 2 rings (SSSR count). The summed E-state index contributed by atoms with van der Waals surface area (Å²) in [5.41, 5.74) is 2.92. The van der Waals surface area contributed by atoms with E-state index in [9.17, 15) is 0 Å². The minimum atomic E-state index is 1.17. The molecule has 0 aromatic carbocycles. The molecule has 1 aliphatic rings. The summed E-state index contributed by atoms with van der Waals surface area (Å²) in [5, 5.41) is 0. The van der Waals surface area contributed by atoms with Crippen LogP contribution in [0.4, 0.5) is 0 Å². The van der Waals surface area contributed by atoms with Crippen molar-refractivity contribution < 1.29 is 0 Å². The van der Waals surface area contributed by atoms with Gasteiger partial charge in [0.2, 0.25) is 0 Å². The molecule has 58 valence electrons. The third-order valence-corrected chi connectivity index (χ3v) is 4.24. The molecule has 0 saturated carbocycles. The average molecular weight is 182 g/mol. The normalized spacial score (nSPS) is 16.0. The summed E-state index contributed by atoms with van der Waals surface area (Å²) in [5.74, 6) is 1.17. The molecule has 0 aliphatic carbocycles. The van der Waals surface area contributed by atoms with E-state index in [1.807, 2.05) is 23.1 Å². The Kier molecular flexibility index (Phi) is 1.81. The Hall–Kier alpha value is -0.210. The van der Waals surface area contributed by atoms with Gasteiger partial charge >= 0.3 is 0 Å². The van der Waals surface area contributed by atoms with E-state index in [4.69, 9.17) is 0 Å². The van der Waals surface area contributed by atoms with Crippen LogP contribution >= 0.6 is 23.1 Å². The molecule has 1 aromatic heterocycles. The molecule has 0 amide bonds. The molecule has 11 heavy (non-hydrogen) atoms. The zero-order valence-electron chi connectivity index (χ0n) is 6.68. The maximum absolute atomic E-state index is 2.30. The van der Waals surface area contributed by atoms with Crippen LogP contribution in [-0.4, -0.2) is 5.75 Å². The summed E-state index contributed by atoms with van der Waals surface area (Å²) in [7, 11) is 0. The average Bonchev–Trinajstić information content (AvgIpc) is 2.27. The highest BCUT2D eigenvalue weighted by Crippen LogP contribution is 2.37. The van der Waals surface area contributed by atoms with E-state index in [0.29, 0.717) is 0 Å². The first-order valence-corrected chi connectivity index (χ1v) is 5.46. The molecule has 0 saturated heterocycles. The van der Waals surface area contributed by atoms with Crippen LogP contribution in [0.15, 0.2) is 15.8 Å². The Bertz CT molecular complexity index is 307. The monoisotopic (exact) mass is 182 g/mol. The fraction of sp³-hybridized carbons (Fsp3) is 0.333. The van der Waals surface area contributed by atoms with Crippen molar-refractivity contribution in [3.63, 3.8) is 0 Å². The van der Waals surface area contributed by atoms with Gasteiger partial charge < -0.3 is 0 Å². The number of rotatable bonds is 0. The largest absolute Gasteiger partial charge is 0.134 e. The van der Waals surface area contributed by atoms with Crippen molar-refractivity contribution in [1.29, 1.82) is 0 Å². The predicted octanol–water partition coefficient (Wildman–Crippen LogP) is 3.57. The Morgan fingerprint density at radius 2 is 2.18 bits per heavy atom. The van der Waals surface area contributed by atoms with Crippen molar-refractivity contribution in [3.8, 4) is 0 Å². The summed E-state index contributed by atoms with van der Waals surface area (Å²) in [6.07, 6.45) is 2.30. The van der Waals surface area contributed by atoms with Crippen molar-refractivity contribution >= 4 is 29.2 Å². The standard InChI is InChI=1S/C9H10S2/c1-6-3-8-4-7(2)11-9(8)10-5-6/h3-4H,5H2,1-2H3. The van der Waals surface area contributed by atoms with Gasteiger partial charge in [0, 0.05) is 10.6 Å². The quantitative estimate of drug-likeness (QED) is 0.591. The number of thiophene rings is 1. The van der Waals surface area contributed by atoms with Gasteiger partial charge in [0.25, 0.3) is 0 Å². The van der Waals surface area contributed by atoms with Gasteiger partial charge in [-0.2, -0.15) is 0 Å². The van der Waals surface area contributed by atoms with Crippen LogP contribution in [0, 0.1) is 6.92 Å². The molecule has 0 atom stereocenters. The first kappa shape index (κ1) is 7.44. The van der Waals surface area contributed by atoms with E-state index in [-0.39, 0.29) is 0 Å². The Labute approximate surface area is 75.3 Å². The first-order valence-electron chi connectivity index (χ1n) is 3.66. The van der Waals surface area contributed by atoms with E-state index in [0.717, 1.165) is 0 Å². The summed E-state index contributed by atoms with van der Waals surface area (Å²) in [4.78, 5) is 1.42. The summed E-state index contributed by atoms with van der Waals surface area (Å²) in [6, 6.07) is 2.27. The summed E-state index contributed by atoms with van der Waals surface area (Å²) >= 11 is 3.88. The summed E-state index contributed by atoms with van der Waals surface area (Å²) in [6.45, 7) is 4.37. The zero-order chi connectivity index (χ0) is 7.84. The van der Waals surface area contributed by atoms with Crippen LogP contribution in [-0.2, 0) is 0 Å². The molecule has 0 N–H and O–H groups in total. The number of fused-ring (bicyclic) bond motifs is 1. The zero-order valence-corrected chi connectivity index (χ0v) is 8.31. The predicted molar refractivity (Wildman–Crippen MR) is 53.4 cm³/mol. The highest BCUT2D eigenvalue weighted by atomic mass is 32.2. The lowest BCUT2D eigenvalue weighted by molar-refractivity contribution is 1.40. The van der Waals surface area contributed by atoms with Gasteiger partial charge in [-0.25, -0.2) is 0 Å². The molecule has 0 spiro atoms. The van der Waals surface area contributed by atoms with Crippen molar-refractivity contribution in [2.75, 3.05) is 5.75 Å². The Balaban J connectivity index is 2.50. The van der Waals surface area contributed by atoms with E-state index >= 15 is 0 Å². The van der Waals surface area contributed by atoms with Gasteiger partial charge in [-0.15, -0.1) is 23.1 Å². The van der Waals surface area contributed by atoms with Crippen molar-refractivity contribution in [3.05, 3.63) is 22.1 Å². The van der Waals surface area contributed by atoms with E-state index in [1.165, 1.54) is 26.0 Å². The highest BCUT2D eigenvalue weighted by Gasteiger charge is 2.10. The topological polar surface area (TPSA) is 0 Å². The summed E-state index contributed by atoms with van der Waals surface area (Å²) < 4.78 is 1.49. The molecule has 2 heterocycles. The molecule has 0 unspecified atom stereocenters. The van der Waals surface area contributed by atoms with Gasteiger partial charge in [-0.1, -0.05) is 11.6 Å². The van der Waals surface area contributed by atoms with E-state index in [2.05, 4.69) is 26.0 Å². The lowest BCUT2D eigenvalue weighted by Crippen LogP contribution is -1.87. The van der Waals surface area contributed by atoms with Crippen LogP contribution in [0.25, 0.3) is 6.08 Å². The fourth-order valence-electron chi connectivity index (χ4n) is 1.21. The molecule has 1 aliphatic heterocycles. The van der Waals surface area contributed by atoms with Crippen LogP contribution in [0.5, 0.6) is 0 Å². The first-order chi connectivity index (χ1) is 5.25. The van der Waals surface area contributed by atoms with Gasteiger partial charge in [0.1, 0.15) is 0 Å². The molecule has 0 fully saturated rings. The van der Waals surface area contributed by atoms with Gasteiger partial charge in [0.15, 0.2) is 0 Å². The lowest BCUT2D eigenvalue weighted by atomic mass is 10.2.